The summed E-state index contributed by atoms with van der Waals surface area (Å²) in [5.41, 5.74) is -0.111. The standard InChI is InChI=1S/C22H19ClFN5O2/c23-15-10-27-21(28-11-15)31-13-22-6-5-14(9-22)12-29(22)20(30)16-3-1-4-17(24)18(16)19-25-7-2-8-26-19/h1-4,7-8,10-11,14H,5-6,9,12-13H2. The SMILES string of the molecule is O=C(c1cccc(F)c1-c1ncccn1)N1CC2CCC1(COc1ncc(Cl)cn1)C2. The zero-order valence-electron chi connectivity index (χ0n) is 16.5. The summed E-state index contributed by atoms with van der Waals surface area (Å²) in [4.78, 5) is 31.9. The number of hydrogen-bond donors (Lipinski definition) is 0. The molecule has 3 heterocycles. The Morgan fingerprint density at radius 2 is 1.97 bits per heavy atom. The number of amides is 1. The van der Waals surface area contributed by atoms with Gasteiger partial charge in [-0.1, -0.05) is 17.7 Å². The van der Waals surface area contributed by atoms with Crippen LogP contribution in [-0.2, 0) is 0 Å². The molecule has 2 unspecified atom stereocenters. The maximum absolute atomic E-state index is 14.8. The molecule has 1 aromatic carbocycles. The van der Waals surface area contributed by atoms with Crippen molar-refractivity contribution in [3.63, 3.8) is 0 Å². The number of carbonyl (C=O) groups is 1. The van der Waals surface area contributed by atoms with E-state index in [4.69, 9.17) is 16.3 Å². The second kappa shape index (κ2) is 7.85. The van der Waals surface area contributed by atoms with Crippen molar-refractivity contribution in [3.05, 3.63) is 65.5 Å². The Kier molecular flexibility index (Phi) is 5.02. The summed E-state index contributed by atoms with van der Waals surface area (Å²) in [5.74, 6) is -0.192. The van der Waals surface area contributed by atoms with Crippen LogP contribution < -0.4 is 4.74 Å². The lowest BCUT2D eigenvalue weighted by Crippen LogP contribution is -2.52. The van der Waals surface area contributed by atoms with Crippen LogP contribution in [0.2, 0.25) is 5.02 Å². The van der Waals surface area contributed by atoms with Gasteiger partial charge in [-0.15, -0.1) is 0 Å². The van der Waals surface area contributed by atoms with Gasteiger partial charge in [0.05, 0.1) is 34.1 Å². The Morgan fingerprint density at radius 1 is 1.19 bits per heavy atom. The fourth-order valence-corrected chi connectivity index (χ4v) is 4.75. The Labute approximate surface area is 183 Å². The summed E-state index contributed by atoms with van der Waals surface area (Å²) < 4.78 is 20.6. The van der Waals surface area contributed by atoms with E-state index in [2.05, 4.69) is 19.9 Å². The molecule has 2 atom stereocenters. The molecule has 5 rings (SSSR count). The highest BCUT2D eigenvalue weighted by Gasteiger charge is 2.53. The first-order valence-corrected chi connectivity index (χ1v) is 10.4. The van der Waals surface area contributed by atoms with E-state index in [9.17, 15) is 9.18 Å². The van der Waals surface area contributed by atoms with E-state index in [0.717, 1.165) is 19.3 Å². The van der Waals surface area contributed by atoms with Gasteiger partial charge in [-0.05, 0) is 43.4 Å². The molecule has 9 heteroatoms. The summed E-state index contributed by atoms with van der Waals surface area (Å²) in [7, 11) is 0. The van der Waals surface area contributed by atoms with Gasteiger partial charge < -0.3 is 9.64 Å². The van der Waals surface area contributed by atoms with Gasteiger partial charge in [0.25, 0.3) is 5.91 Å². The first kappa shape index (κ1) is 19.8. The number of likely N-dealkylation sites (tertiary alicyclic amines) is 1. The normalized spacial score (nSPS) is 22.0. The van der Waals surface area contributed by atoms with Crippen molar-refractivity contribution in [1.82, 2.24) is 24.8 Å². The minimum absolute atomic E-state index is 0.118. The molecule has 1 saturated carbocycles. The van der Waals surface area contributed by atoms with E-state index in [1.54, 1.807) is 12.1 Å². The molecule has 158 valence electrons. The molecule has 7 nitrogen and oxygen atoms in total. The molecule has 0 spiro atoms. The molecule has 1 aliphatic carbocycles. The van der Waals surface area contributed by atoms with E-state index in [-0.39, 0.29) is 35.5 Å². The first-order chi connectivity index (χ1) is 15.1. The zero-order chi connectivity index (χ0) is 21.4. The highest BCUT2D eigenvalue weighted by atomic mass is 35.5. The van der Waals surface area contributed by atoms with Crippen molar-refractivity contribution >= 4 is 17.5 Å². The van der Waals surface area contributed by atoms with Gasteiger partial charge in [-0.3, -0.25) is 4.79 Å². The number of nitrogens with zero attached hydrogens (tertiary/aromatic N) is 5. The summed E-state index contributed by atoms with van der Waals surface area (Å²) in [6, 6.07) is 6.34. The molecule has 3 aromatic rings. The smallest absolute Gasteiger partial charge is 0.316 e. The van der Waals surface area contributed by atoms with Crippen LogP contribution >= 0.6 is 11.6 Å². The maximum atomic E-state index is 14.8. The van der Waals surface area contributed by atoms with Crippen LogP contribution in [0.1, 0.15) is 29.6 Å². The predicted octanol–water partition coefficient (Wildman–Crippen LogP) is 3.80. The van der Waals surface area contributed by atoms with Gasteiger partial charge >= 0.3 is 6.01 Å². The molecule has 0 radical (unpaired) electrons. The quantitative estimate of drug-likeness (QED) is 0.601. The third-order valence-corrected chi connectivity index (χ3v) is 6.24. The van der Waals surface area contributed by atoms with Crippen molar-refractivity contribution in [2.24, 2.45) is 5.92 Å². The van der Waals surface area contributed by atoms with Crippen LogP contribution in [0.4, 0.5) is 4.39 Å². The fraction of sp³-hybridized carbons (Fsp3) is 0.318. The number of rotatable bonds is 5. The largest absolute Gasteiger partial charge is 0.461 e. The van der Waals surface area contributed by atoms with Crippen molar-refractivity contribution in [2.75, 3.05) is 13.2 Å². The molecular formula is C22H19ClFN5O2. The summed E-state index contributed by atoms with van der Waals surface area (Å²) in [5, 5.41) is 0.422. The van der Waals surface area contributed by atoms with E-state index in [0.29, 0.717) is 17.5 Å². The maximum Gasteiger partial charge on any atom is 0.316 e. The van der Waals surface area contributed by atoms with E-state index in [1.807, 2.05) is 4.90 Å². The number of halogens is 2. The molecule has 1 aliphatic heterocycles. The molecule has 31 heavy (non-hydrogen) atoms. The van der Waals surface area contributed by atoms with Gasteiger partial charge in [-0.25, -0.2) is 24.3 Å². The fourth-order valence-electron chi connectivity index (χ4n) is 4.65. The van der Waals surface area contributed by atoms with Gasteiger partial charge in [-0.2, -0.15) is 0 Å². The molecule has 1 amide bonds. The molecule has 2 aromatic heterocycles. The van der Waals surface area contributed by atoms with Gasteiger partial charge in [0.1, 0.15) is 12.4 Å². The van der Waals surface area contributed by atoms with Gasteiger partial charge in [0.2, 0.25) is 0 Å². The molecule has 0 N–H and O–H groups in total. The van der Waals surface area contributed by atoms with E-state index < -0.39 is 11.4 Å². The second-order valence-electron chi connectivity index (χ2n) is 7.96. The summed E-state index contributed by atoms with van der Waals surface area (Å²) in [6.07, 6.45) is 8.66. The average molecular weight is 440 g/mol. The number of ether oxygens (including phenoxy) is 1. The van der Waals surface area contributed by atoms with Crippen LogP contribution in [0.15, 0.2) is 49.1 Å². The Hall–Kier alpha value is -3.13. The van der Waals surface area contributed by atoms with Crippen molar-refractivity contribution in [1.29, 1.82) is 0 Å². The summed E-state index contributed by atoms with van der Waals surface area (Å²) >= 11 is 5.84. The monoisotopic (exact) mass is 439 g/mol. The average Bonchev–Trinajstić information content (AvgIpc) is 3.37. The zero-order valence-corrected chi connectivity index (χ0v) is 17.3. The van der Waals surface area contributed by atoms with Crippen LogP contribution in [0.3, 0.4) is 0 Å². The number of piperidine rings is 1. The Morgan fingerprint density at radius 3 is 2.71 bits per heavy atom. The first-order valence-electron chi connectivity index (χ1n) is 10.0. The van der Waals surface area contributed by atoms with Crippen LogP contribution in [0.5, 0.6) is 6.01 Å². The van der Waals surface area contributed by atoms with Crippen LogP contribution in [0.25, 0.3) is 11.4 Å². The van der Waals surface area contributed by atoms with E-state index in [1.165, 1.54) is 36.9 Å². The van der Waals surface area contributed by atoms with Crippen LogP contribution in [-0.4, -0.2) is 49.4 Å². The van der Waals surface area contributed by atoms with Gasteiger partial charge in [0.15, 0.2) is 5.82 Å². The number of benzene rings is 1. The van der Waals surface area contributed by atoms with Gasteiger partial charge in [0, 0.05) is 18.9 Å². The molecular weight excluding hydrogens is 421 g/mol. The lowest BCUT2D eigenvalue weighted by atomic mass is 9.95. The summed E-state index contributed by atoms with van der Waals surface area (Å²) in [6.45, 7) is 0.874. The topological polar surface area (TPSA) is 81.1 Å². The third-order valence-electron chi connectivity index (χ3n) is 6.05. The second-order valence-corrected chi connectivity index (χ2v) is 8.39. The lowest BCUT2D eigenvalue weighted by molar-refractivity contribution is 0.0387. The molecule has 2 aliphatic rings. The number of hydrogen-bond acceptors (Lipinski definition) is 6. The third kappa shape index (κ3) is 3.61. The van der Waals surface area contributed by atoms with Crippen molar-refractivity contribution < 1.29 is 13.9 Å². The van der Waals surface area contributed by atoms with Crippen LogP contribution in [0, 0.1) is 11.7 Å². The molecule has 2 bridgehead atoms. The highest BCUT2D eigenvalue weighted by Crippen LogP contribution is 2.47. The molecule has 2 fully saturated rings. The number of aromatic nitrogens is 4. The van der Waals surface area contributed by atoms with E-state index >= 15 is 0 Å². The highest BCUT2D eigenvalue weighted by molar-refractivity contribution is 6.30. The number of fused-ring (bicyclic) bond motifs is 2. The van der Waals surface area contributed by atoms with Crippen molar-refractivity contribution in [2.45, 2.75) is 24.8 Å². The minimum atomic E-state index is -0.527. The Balaban J connectivity index is 1.45. The minimum Gasteiger partial charge on any atom is -0.461 e. The molecule has 1 saturated heterocycles. The Bertz CT molecular complexity index is 1110. The number of carbonyl (C=O) groups excluding carboxylic acids is 1. The lowest BCUT2D eigenvalue weighted by Gasteiger charge is -2.38. The predicted molar refractivity (Wildman–Crippen MR) is 111 cm³/mol. The van der Waals surface area contributed by atoms with Crippen molar-refractivity contribution in [3.8, 4) is 17.4 Å².